The third kappa shape index (κ3) is 5.19. The first-order valence-corrected chi connectivity index (χ1v) is 9.61. The maximum absolute atomic E-state index is 10.6. The number of benzene rings is 1. The van der Waals surface area contributed by atoms with Crippen molar-refractivity contribution in [3.05, 3.63) is 35.9 Å². The Morgan fingerprint density at radius 2 is 2.08 bits per heavy atom. The highest BCUT2D eigenvalue weighted by Crippen LogP contribution is 2.38. The molecule has 1 aliphatic carbocycles. The van der Waals surface area contributed by atoms with Crippen molar-refractivity contribution in [2.24, 2.45) is 11.8 Å². The molecule has 1 aliphatic heterocycles. The summed E-state index contributed by atoms with van der Waals surface area (Å²) in [7, 11) is 0. The normalized spacial score (nSPS) is 27.2. The smallest absolute Gasteiger partial charge is 0.404 e. The number of hydrogen-bond acceptors (Lipinski definition) is 3. The van der Waals surface area contributed by atoms with Crippen LogP contribution in [0.25, 0.3) is 0 Å². The van der Waals surface area contributed by atoms with E-state index in [0.29, 0.717) is 6.04 Å². The summed E-state index contributed by atoms with van der Waals surface area (Å²) in [6.45, 7) is 6.42. The number of carboxylic acid groups (broad SMARTS) is 1. The fourth-order valence-corrected chi connectivity index (χ4v) is 4.56. The third-order valence-corrected chi connectivity index (χ3v) is 5.77. The fraction of sp³-hybridized carbons (Fsp3) is 0.650. The van der Waals surface area contributed by atoms with Crippen LogP contribution in [0.1, 0.15) is 38.2 Å². The molecule has 1 heterocycles. The van der Waals surface area contributed by atoms with E-state index >= 15 is 0 Å². The van der Waals surface area contributed by atoms with Crippen LogP contribution >= 0.6 is 0 Å². The second-order valence-corrected chi connectivity index (χ2v) is 7.73. The molecule has 5 nitrogen and oxygen atoms in total. The number of nitrogens with zero attached hydrogens (tertiary/aromatic N) is 1. The lowest BCUT2D eigenvalue weighted by molar-refractivity contribution is 0.190. The lowest BCUT2D eigenvalue weighted by atomic mass is 9.97. The maximum atomic E-state index is 10.6. The van der Waals surface area contributed by atoms with E-state index in [-0.39, 0.29) is 6.04 Å². The summed E-state index contributed by atoms with van der Waals surface area (Å²) < 4.78 is 0. The van der Waals surface area contributed by atoms with Crippen molar-refractivity contribution in [3.63, 3.8) is 0 Å². The molecule has 0 spiro atoms. The first-order valence-electron chi connectivity index (χ1n) is 9.61. The summed E-state index contributed by atoms with van der Waals surface area (Å²) in [4.78, 5) is 13.2. The molecule has 0 aromatic heterocycles. The second kappa shape index (κ2) is 8.68. The van der Waals surface area contributed by atoms with Crippen molar-refractivity contribution in [2.45, 2.75) is 51.2 Å². The Hall–Kier alpha value is -1.59. The highest BCUT2D eigenvalue weighted by molar-refractivity contribution is 5.64. The number of likely N-dealkylation sites (tertiary alicyclic amines) is 1. The highest BCUT2D eigenvalue weighted by Gasteiger charge is 2.41. The Morgan fingerprint density at radius 3 is 2.84 bits per heavy atom. The van der Waals surface area contributed by atoms with Crippen molar-refractivity contribution in [1.82, 2.24) is 15.5 Å². The zero-order valence-electron chi connectivity index (χ0n) is 15.2. The van der Waals surface area contributed by atoms with Crippen molar-refractivity contribution < 1.29 is 9.90 Å². The quantitative estimate of drug-likeness (QED) is 0.634. The van der Waals surface area contributed by atoms with Gasteiger partial charge in [0, 0.05) is 31.7 Å². The molecule has 5 heteroatoms. The Labute approximate surface area is 150 Å². The van der Waals surface area contributed by atoms with Crippen LogP contribution in [-0.4, -0.2) is 47.8 Å². The number of rotatable bonds is 8. The lowest BCUT2D eigenvalue weighted by Crippen LogP contribution is -2.37. The van der Waals surface area contributed by atoms with Crippen LogP contribution in [0.2, 0.25) is 0 Å². The van der Waals surface area contributed by atoms with Crippen molar-refractivity contribution in [1.29, 1.82) is 0 Å². The molecular weight excluding hydrogens is 314 g/mol. The van der Waals surface area contributed by atoms with Gasteiger partial charge in [-0.05, 0) is 56.6 Å². The molecule has 1 saturated carbocycles. The van der Waals surface area contributed by atoms with Crippen LogP contribution in [0.15, 0.2) is 30.3 Å². The summed E-state index contributed by atoms with van der Waals surface area (Å²) in [5, 5.41) is 15.0. The SMILES string of the molecule is CC(CCCN[C@H]1CC[C@@H]2CN(Cc3ccccc3)C[C@@H]21)NC(=O)O. The largest absolute Gasteiger partial charge is 0.465 e. The molecule has 0 bridgehead atoms. The lowest BCUT2D eigenvalue weighted by Gasteiger charge is -2.22. The van der Waals surface area contributed by atoms with Gasteiger partial charge in [0.2, 0.25) is 0 Å². The fourth-order valence-electron chi connectivity index (χ4n) is 4.56. The van der Waals surface area contributed by atoms with Gasteiger partial charge in [0.15, 0.2) is 0 Å². The minimum absolute atomic E-state index is 0.0310. The van der Waals surface area contributed by atoms with Crippen molar-refractivity contribution in [3.8, 4) is 0 Å². The molecule has 1 unspecified atom stereocenters. The number of amides is 1. The maximum Gasteiger partial charge on any atom is 0.404 e. The monoisotopic (exact) mass is 345 g/mol. The molecule has 1 aromatic carbocycles. The van der Waals surface area contributed by atoms with E-state index in [4.69, 9.17) is 5.11 Å². The molecule has 138 valence electrons. The first kappa shape index (κ1) is 18.2. The number of nitrogens with one attached hydrogen (secondary N) is 2. The summed E-state index contributed by atoms with van der Waals surface area (Å²) in [5.74, 6) is 1.62. The van der Waals surface area contributed by atoms with Crippen molar-refractivity contribution >= 4 is 6.09 Å². The zero-order chi connectivity index (χ0) is 17.6. The number of carbonyl (C=O) groups is 1. The van der Waals surface area contributed by atoms with Gasteiger partial charge in [-0.2, -0.15) is 0 Å². The van der Waals surface area contributed by atoms with Crippen LogP contribution in [0.4, 0.5) is 4.79 Å². The summed E-state index contributed by atoms with van der Waals surface area (Å²) in [6.07, 6.45) is 3.61. The number of fused-ring (bicyclic) bond motifs is 1. The molecule has 2 aliphatic rings. The first-order chi connectivity index (χ1) is 12.1. The predicted octanol–water partition coefficient (Wildman–Crippen LogP) is 2.92. The Balaban J connectivity index is 1.38. The van der Waals surface area contributed by atoms with E-state index in [0.717, 1.165) is 37.8 Å². The molecule has 1 aromatic rings. The van der Waals surface area contributed by atoms with E-state index in [9.17, 15) is 4.79 Å². The molecule has 1 saturated heterocycles. The van der Waals surface area contributed by atoms with Crippen LogP contribution in [-0.2, 0) is 6.54 Å². The van der Waals surface area contributed by atoms with Gasteiger partial charge in [0.25, 0.3) is 0 Å². The molecule has 4 atom stereocenters. The number of hydrogen-bond donors (Lipinski definition) is 3. The molecule has 3 N–H and O–H groups in total. The predicted molar refractivity (Wildman–Crippen MR) is 99.6 cm³/mol. The minimum atomic E-state index is -0.927. The van der Waals surface area contributed by atoms with Crippen LogP contribution in [0.3, 0.4) is 0 Å². The standard InChI is InChI=1S/C20H31N3O2/c1-15(22-20(24)25)6-5-11-21-19-10-9-17-13-23(14-18(17)19)12-16-7-3-2-4-8-16/h2-4,7-8,15,17-19,21-22H,5-6,9-14H2,1H3,(H,24,25)/t15?,17-,18+,19+/m1/s1. The third-order valence-electron chi connectivity index (χ3n) is 5.77. The molecule has 0 radical (unpaired) electrons. The second-order valence-electron chi connectivity index (χ2n) is 7.73. The van der Waals surface area contributed by atoms with Gasteiger partial charge in [-0.25, -0.2) is 4.79 Å². The van der Waals surface area contributed by atoms with E-state index < -0.39 is 6.09 Å². The Morgan fingerprint density at radius 1 is 1.28 bits per heavy atom. The summed E-state index contributed by atoms with van der Waals surface area (Å²) in [5.41, 5.74) is 1.41. The Bertz CT molecular complexity index is 551. The molecule has 2 fully saturated rings. The summed E-state index contributed by atoms with van der Waals surface area (Å²) >= 11 is 0. The van der Waals surface area contributed by atoms with Gasteiger partial charge in [-0.15, -0.1) is 0 Å². The van der Waals surface area contributed by atoms with Gasteiger partial charge in [0.05, 0.1) is 0 Å². The highest BCUT2D eigenvalue weighted by atomic mass is 16.4. The van der Waals surface area contributed by atoms with Crippen LogP contribution < -0.4 is 10.6 Å². The van der Waals surface area contributed by atoms with Gasteiger partial charge in [-0.1, -0.05) is 30.3 Å². The topological polar surface area (TPSA) is 64.6 Å². The molecule has 3 rings (SSSR count). The van der Waals surface area contributed by atoms with Gasteiger partial charge in [0.1, 0.15) is 0 Å². The van der Waals surface area contributed by atoms with E-state index in [1.807, 2.05) is 6.92 Å². The average Bonchev–Trinajstić information content (AvgIpc) is 3.12. The van der Waals surface area contributed by atoms with Gasteiger partial charge >= 0.3 is 6.09 Å². The van der Waals surface area contributed by atoms with Crippen LogP contribution in [0, 0.1) is 11.8 Å². The Kier molecular flexibility index (Phi) is 6.32. The van der Waals surface area contributed by atoms with E-state index in [1.165, 1.54) is 31.5 Å². The molecular formula is C20H31N3O2. The zero-order valence-corrected chi connectivity index (χ0v) is 15.2. The van der Waals surface area contributed by atoms with E-state index in [2.05, 4.69) is 45.9 Å². The summed E-state index contributed by atoms with van der Waals surface area (Å²) in [6, 6.07) is 11.4. The molecule has 25 heavy (non-hydrogen) atoms. The molecule has 1 amide bonds. The minimum Gasteiger partial charge on any atom is -0.465 e. The van der Waals surface area contributed by atoms with Crippen LogP contribution in [0.5, 0.6) is 0 Å². The van der Waals surface area contributed by atoms with Gasteiger partial charge in [-0.3, -0.25) is 4.90 Å². The van der Waals surface area contributed by atoms with Crippen molar-refractivity contribution in [2.75, 3.05) is 19.6 Å². The van der Waals surface area contributed by atoms with E-state index in [1.54, 1.807) is 0 Å². The average molecular weight is 345 g/mol. The van der Waals surface area contributed by atoms with Gasteiger partial charge < -0.3 is 15.7 Å².